The summed E-state index contributed by atoms with van der Waals surface area (Å²) in [7, 11) is 1.45. The Balaban J connectivity index is 1.54. The molecular formula is C21H22N4O5S. The van der Waals surface area contributed by atoms with Gasteiger partial charge >= 0.3 is 0 Å². The van der Waals surface area contributed by atoms with E-state index in [1.807, 2.05) is 6.92 Å². The lowest BCUT2D eigenvalue weighted by Gasteiger charge is -2.08. The minimum absolute atomic E-state index is 0.00159. The van der Waals surface area contributed by atoms with Crippen LogP contribution in [0.4, 0.5) is 5.69 Å². The summed E-state index contributed by atoms with van der Waals surface area (Å²) >= 11 is 1.14. The molecule has 1 fully saturated rings. The van der Waals surface area contributed by atoms with Gasteiger partial charge in [0.2, 0.25) is 11.8 Å². The molecule has 1 atom stereocenters. The van der Waals surface area contributed by atoms with Crippen molar-refractivity contribution in [1.29, 1.82) is 0 Å². The molecule has 1 heterocycles. The Kier molecular flexibility index (Phi) is 7.50. The van der Waals surface area contributed by atoms with Crippen LogP contribution in [0.1, 0.15) is 18.9 Å². The van der Waals surface area contributed by atoms with Crippen molar-refractivity contribution in [1.82, 2.24) is 5.32 Å². The quantitative estimate of drug-likeness (QED) is 0.427. The maximum absolute atomic E-state index is 12.3. The molecule has 162 valence electrons. The predicted molar refractivity (Wildman–Crippen MR) is 120 cm³/mol. The highest BCUT2D eigenvalue weighted by atomic mass is 32.2. The number of hydrogen-bond donors (Lipinski definition) is 3. The van der Waals surface area contributed by atoms with E-state index in [1.165, 1.54) is 19.4 Å². The van der Waals surface area contributed by atoms with Crippen LogP contribution >= 0.6 is 11.8 Å². The van der Waals surface area contributed by atoms with Crippen molar-refractivity contribution in [2.45, 2.75) is 18.6 Å². The summed E-state index contributed by atoms with van der Waals surface area (Å²) in [5, 5.41) is 22.6. The Bertz CT molecular complexity index is 1010. The fraction of sp³-hybridized carbons (Fsp3) is 0.238. The summed E-state index contributed by atoms with van der Waals surface area (Å²) in [5.41, 5.74) is 1.29. The number of amidine groups is 1. The SMILES string of the molecule is CCOc1ccc(NC(=O)CC2S/C(=N/N=C\c3ccc(O)c(OC)c3)NC2=O)cc1. The third-order valence-corrected chi connectivity index (χ3v) is 5.23. The number of rotatable bonds is 8. The summed E-state index contributed by atoms with van der Waals surface area (Å²) in [6.07, 6.45) is 1.47. The molecule has 0 spiro atoms. The number of phenols is 1. The van der Waals surface area contributed by atoms with Gasteiger partial charge in [-0.25, -0.2) is 0 Å². The third kappa shape index (κ3) is 6.22. The van der Waals surface area contributed by atoms with Gasteiger partial charge in [0.1, 0.15) is 11.0 Å². The smallest absolute Gasteiger partial charge is 0.240 e. The molecule has 31 heavy (non-hydrogen) atoms. The number of carbonyl (C=O) groups is 2. The fourth-order valence-electron chi connectivity index (χ4n) is 2.69. The van der Waals surface area contributed by atoms with Gasteiger partial charge in [0.05, 0.1) is 19.9 Å². The summed E-state index contributed by atoms with van der Waals surface area (Å²) in [5.74, 6) is 0.484. The van der Waals surface area contributed by atoms with Gasteiger partial charge in [0.15, 0.2) is 16.7 Å². The summed E-state index contributed by atoms with van der Waals surface area (Å²) in [6, 6.07) is 11.8. The number of thioether (sulfide) groups is 1. The largest absolute Gasteiger partial charge is 0.504 e. The van der Waals surface area contributed by atoms with Crippen molar-refractivity contribution in [3.63, 3.8) is 0 Å². The molecule has 0 aliphatic carbocycles. The molecule has 1 unspecified atom stereocenters. The lowest BCUT2D eigenvalue weighted by Crippen LogP contribution is -2.28. The molecule has 2 aromatic carbocycles. The Hall–Kier alpha value is -3.53. The number of hydrogen-bond acceptors (Lipinski definition) is 8. The summed E-state index contributed by atoms with van der Waals surface area (Å²) in [4.78, 5) is 24.4. The van der Waals surface area contributed by atoms with E-state index >= 15 is 0 Å². The standard InChI is InChI=1S/C21H22N4O5S/c1-3-30-15-7-5-14(6-8-15)23-19(27)11-18-20(28)24-21(31-18)25-22-12-13-4-9-16(26)17(10-13)29-2/h4-10,12,18,26H,3,11H2,1-2H3,(H,23,27)(H,24,25,28)/b22-12-. The van der Waals surface area contributed by atoms with E-state index in [4.69, 9.17) is 9.47 Å². The second-order valence-electron chi connectivity index (χ2n) is 6.39. The number of phenolic OH excluding ortho intramolecular Hbond substituents is 1. The molecule has 0 saturated carbocycles. The van der Waals surface area contributed by atoms with E-state index in [9.17, 15) is 14.7 Å². The van der Waals surface area contributed by atoms with Gasteiger partial charge in [-0.3, -0.25) is 9.59 Å². The van der Waals surface area contributed by atoms with Gasteiger partial charge in [-0.1, -0.05) is 11.8 Å². The molecule has 3 rings (SSSR count). The van der Waals surface area contributed by atoms with Crippen LogP contribution < -0.4 is 20.1 Å². The Morgan fingerprint density at radius 2 is 2.06 bits per heavy atom. The monoisotopic (exact) mass is 442 g/mol. The number of aromatic hydroxyl groups is 1. The molecule has 2 amide bonds. The number of amides is 2. The van der Waals surface area contributed by atoms with Crippen molar-refractivity contribution in [3.05, 3.63) is 48.0 Å². The minimum atomic E-state index is -0.592. The zero-order valence-electron chi connectivity index (χ0n) is 17.0. The van der Waals surface area contributed by atoms with E-state index < -0.39 is 5.25 Å². The highest BCUT2D eigenvalue weighted by Gasteiger charge is 2.32. The summed E-state index contributed by atoms with van der Waals surface area (Å²) in [6.45, 7) is 2.46. The van der Waals surface area contributed by atoms with Gasteiger partial charge < -0.3 is 25.2 Å². The predicted octanol–water partition coefficient (Wildman–Crippen LogP) is 2.75. The van der Waals surface area contributed by atoms with Crippen LogP contribution in [0, 0.1) is 0 Å². The van der Waals surface area contributed by atoms with Crippen LogP contribution in [-0.2, 0) is 9.59 Å². The van der Waals surface area contributed by atoms with Crippen molar-refractivity contribution < 1.29 is 24.2 Å². The second kappa shape index (κ2) is 10.5. The maximum Gasteiger partial charge on any atom is 0.240 e. The molecule has 10 heteroatoms. The van der Waals surface area contributed by atoms with E-state index in [2.05, 4.69) is 20.8 Å². The highest BCUT2D eigenvalue weighted by molar-refractivity contribution is 8.15. The number of benzene rings is 2. The van der Waals surface area contributed by atoms with Crippen LogP contribution in [0.5, 0.6) is 17.2 Å². The highest BCUT2D eigenvalue weighted by Crippen LogP contribution is 2.26. The van der Waals surface area contributed by atoms with Crippen molar-refractivity contribution in [3.8, 4) is 17.2 Å². The normalized spacial score (nSPS) is 17.0. The van der Waals surface area contributed by atoms with Crippen LogP contribution in [0.3, 0.4) is 0 Å². The van der Waals surface area contributed by atoms with Crippen molar-refractivity contribution >= 4 is 40.6 Å². The Morgan fingerprint density at radius 3 is 2.77 bits per heavy atom. The molecule has 0 radical (unpaired) electrons. The number of nitrogens with zero attached hydrogens (tertiary/aromatic N) is 2. The molecule has 2 aromatic rings. The van der Waals surface area contributed by atoms with Gasteiger partial charge in [-0.15, -0.1) is 5.10 Å². The first kappa shape index (κ1) is 22.2. The molecule has 1 aliphatic heterocycles. The lowest BCUT2D eigenvalue weighted by atomic mass is 10.2. The van der Waals surface area contributed by atoms with Crippen LogP contribution in [0.15, 0.2) is 52.7 Å². The van der Waals surface area contributed by atoms with Crippen LogP contribution in [0.2, 0.25) is 0 Å². The molecule has 9 nitrogen and oxygen atoms in total. The molecule has 0 bridgehead atoms. The van der Waals surface area contributed by atoms with E-state index in [0.717, 1.165) is 17.5 Å². The van der Waals surface area contributed by atoms with E-state index in [1.54, 1.807) is 36.4 Å². The minimum Gasteiger partial charge on any atom is -0.504 e. The Labute approximate surface area is 183 Å². The first-order valence-corrected chi connectivity index (χ1v) is 10.3. The second-order valence-corrected chi connectivity index (χ2v) is 7.58. The molecule has 1 aliphatic rings. The first-order valence-electron chi connectivity index (χ1n) is 9.46. The Morgan fingerprint density at radius 1 is 1.29 bits per heavy atom. The molecule has 1 saturated heterocycles. The van der Waals surface area contributed by atoms with Gasteiger partial charge in [0, 0.05) is 12.1 Å². The number of ether oxygens (including phenoxy) is 2. The number of anilines is 1. The average Bonchev–Trinajstić information content (AvgIpc) is 3.09. The number of methoxy groups -OCH3 is 1. The topological polar surface area (TPSA) is 122 Å². The van der Waals surface area contributed by atoms with Gasteiger partial charge in [-0.05, 0) is 55.0 Å². The van der Waals surface area contributed by atoms with Gasteiger partial charge in [-0.2, -0.15) is 5.10 Å². The zero-order chi connectivity index (χ0) is 22.2. The lowest BCUT2D eigenvalue weighted by molar-refractivity contribution is -0.122. The fourth-order valence-corrected chi connectivity index (χ4v) is 3.61. The maximum atomic E-state index is 12.3. The van der Waals surface area contributed by atoms with Crippen LogP contribution in [0.25, 0.3) is 0 Å². The summed E-state index contributed by atoms with van der Waals surface area (Å²) < 4.78 is 10.4. The van der Waals surface area contributed by atoms with Crippen molar-refractivity contribution in [2.75, 3.05) is 19.0 Å². The van der Waals surface area contributed by atoms with Crippen molar-refractivity contribution in [2.24, 2.45) is 10.2 Å². The van der Waals surface area contributed by atoms with Crippen LogP contribution in [-0.4, -0.2) is 47.3 Å². The number of nitrogens with one attached hydrogen (secondary N) is 2. The zero-order valence-corrected chi connectivity index (χ0v) is 17.8. The molecular weight excluding hydrogens is 420 g/mol. The average molecular weight is 442 g/mol. The van der Waals surface area contributed by atoms with E-state index in [0.29, 0.717) is 28.8 Å². The number of carbonyl (C=O) groups excluding carboxylic acids is 2. The van der Waals surface area contributed by atoms with E-state index in [-0.39, 0.29) is 24.0 Å². The first-order chi connectivity index (χ1) is 15.0. The third-order valence-electron chi connectivity index (χ3n) is 4.16. The molecule has 0 aromatic heterocycles. The molecule has 3 N–H and O–H groups in total. The van der Waals surface area contributed by atoms with Gasteiger partial charge in [0.25, 0.3) is 0 Å².